The Morgan fingerprint density at radius 2 is 1.65 bits per heavy atom. The van der Waals surface area contributed by atoms with Crippen LogP contribution in [0.15, 0.2) is 54.6 Å². The summed E-state index contributed by atoms with van der Waals surface area (Å²) >= 11 is 0. The monoisotopic (exact) mass is 353 g/mol. The van der Waals surface area contributed by atoms with Crippen molar-refractivity contribution in [2.24, 2.45) is 5.73 Å². The number of nitrogens with two attached hydrogens (primary N) is 1. The number of benzene rings is 2. The second-order valence-electron chi connectivity index (χ2n) is 6.03. The van der Waals surface area contributed by atoms with Crippen LogP contribution in [0.3, 0.4) is 0 Å². The fourth-order valence-corrected chi connectivity index (χ4v) is 2.66. The van der Waals surface area contributed by atoms with Crippen LogP contribution in [-0.4, -0.2) is 23.8 Å². The molecule has 0 saturated carbocycles. The van der Waals surface area contributed by atoms with Crippen LogP contribution in [0.2, 0.25) is 0 Å². The molecule has 0 aliphatic heterocycles. The van der Waals surface area contributed by atoms with E-state index in [2.05, 4.69) is 10.6 Å². The van der Waals surface area contributed by atoms with Crippen LogP contribution in [-0.2, 0) is 16.0 Å². The Morgan fingerprint density at radius 3 is 2.31 bits per heavy atom. The van der Waals surface area contributed by atoms with Gasteiger partial charge < -0.3 is 16.4 Å². The zero-order chi connectivity index (χ0) is 18.9. The van der Waals surface area contributed by atoms with Gasteiger partial charge in [-0.15, -0.1) is 0 Å². The molecule has 1 atom stereocenters. The third kappa shape index (κ3) is 5.73. The molecule has 0 bridgehead atoms. The zero-order valence-corrected chi connectivity index (χ0v) is 14.7. The van der Waals surface area contributed by atoms with E-state index < -0.39 is 17.9 Å². The summed E-state index contributed by atoms with van der Waals surface area (Å²) in [7, 11) is 0. The Hall–Kier alpha value is -3.15. The number of rotatable bonds is 8. The molecule has 0 heterocycles. The van der Waals surface area contributed by atoms with Crippen LogP contribution in [0.5, 0.6) is 0 Å². The molecule has 4 N–H and O–H groups in total. The molecule has 0 unspecified atom stereocenters. The van der Waals surface area contributed by atoms with Gasteiger partial charge in [0.05, 0.1) is 11.3 Å². The molecule has 3 amide bonds. The molecule has 0 spiro atoms. The van der Waals surface area contributed by atoms with Gasteiger partial charge in [0, 0.05) is 6.92 Å². The standard InChI is InChI=1S/C20H23N3O3/c1-14(24)22-17-12-6-5-11-16(17)20(26)23-18(19(21)25)13-7-10-15-8-3-2-4-9-15/h2-6,8-9,11-12,18H,7,10,13H2,1H3,(H2,21,25)(H,22,24)(H,23,26)/t18-/m1/s1. The summed E-state index contributed by atoms with van der Waals surface area (Å²) in [4.78, 5) is 35.5. The maximum atomic E-state index is 12.5. The van der Waals surface area contributed by atoms with Crippen molar-refractivity contribution >= 4 is 23.4 Å². The van der Waals surface area contributed by atoms with Gasteiger partial charge >= 0.3 is 0 Å². The van der Waals surface area contributed by atoms with Gasteiger partial charge in [0.15, 0.2) is 0 Å². The molecule has 0 fully saturated rings. The van der Waals surface area contributed by atoms with E-state index in [1.54, 1.807) is 24.3 Å². The zero-order valence-electron chi connectivity index (χ0n) is 14.7. The first-order chi connectivity index (χ1) is 12.5. The minimum Gasteiger partial charge on any atom is -0.368 e. The number of anilines is 1. The van der Waals surface area contributed by atoms with E-state index in [4.69, 9.17) is 5.73 Å². The summed E-state index contributed by atoms with van der Waals surface area (Å²) in [6.07, 6.45) is 1.95. The highest BCUT2D eigenvalue weighted by Crippen LogP contribution is 2.15. The molecule has 0 aromatic heterocycles. The molecule has 2 aromatic carbocycles. The van der Waals surface area contributed by atoms with Gasteiger partial charge in [-0.05, 0) is 37.0 Å². The van der Waals surface area contributed by atoms with Gasteiger partial charge in [0.1, 0.15) is 6.04 Å². The highest BCUT2D eigenvalue weighted by molar-refractivity contribution is 6.04. The number of para-hydroxylation sites is 1. The van der Waals surface area contributed by atoms with Crippen molar-refractivity contribution in [3.05, 3.63) is 65.7 Å². The molecule has 2 aromatic rings. The number of hydrogen-bond acceptors (Lipinski definition) is 3. The summed E-state index contributed by atoms with van der Waals surface area (Å²) in [5.74, 6) is -1.30. The number of aryl methyl sites for hydroxylation is 1. The molecule has 136 valence electrons. The van der Waals surface area contributed by atoms with Crippen molar-refractivity contribution in [2.45, 2.75) is 32.2 Å². The molecule has 6 nitrogen and oxygen atoms in total. The van der Waals surface area contributed by atoms with Gasteiger partial charge in [-0.2, -0.15) is 0 Å². The summed E-state index contributed by atoms with van der Waals surface area (Å²) in [5, 5.41) is 5.27. The van der Waals surface area contributed by atoms with Crippen molar-refractivity contribution in [1.82, 2.24) is 5.32 Å². The maximum absolute atomic E-state index is 12.5. The molecule has 6 heteroatoms. The molecule has 0 radical (unpaired) electrons. The van der Waals surface area contributed by atoms with E-state index >= 15 is 0 Å². The second kappa shape index (κ2) is 9.36. The van der Waals surface area contributed by atoms with Crippen molar-refractivity contribution < 1.29 is 14.4 Å². The third-order valence-electron chi connectivity index (χ3n) is 3.93. The largest absolute Gasteiger partial charge is 0.368 e. The summed E-state index contributed by atoms with van der Waals surface area (Å²) in [5.41, 5.74) is 7.29. The molecule has 2 rings (SSSR count). The highest BCUT2D eigenvalue weighted by atomic mass is 16.2. The maximum Gasteiger partial charge on any atom is 0.254 e. The second-order valence-corrected chi connectivity index (χ2v) is 6.03. The summed E-state index contributed by atoms with van der Waals surface area (Å²) in [6.45, 7) is 1.37. The molecule has 0 aliphatic carbocycles. The van der Waals surface area contributed by atoms with Crippen LogP contribution in [0.1, 0.15) is 35.7 Å². The molecule has 0 aliphatic rings. The van der Waals surface area contributed by atoms with Gasteiger partial charge in [-0.3, -0.25) is 14.4 Å². The summed E-state index contributed by atoms with van der Waals surface area (Å²) in [6, 6.07) is 15.8. The van der Waals surface area contributed by atoms with E-state index in [1.165, 1.54) is 6.92 Å². The van der Waals surface area contributed by atoms with E-state index in [0.717, 1.165) is 12.0 Å². The predicted octanol–water partition coefficient (Wildman–Crippen LogP) is 2.25. The minimum atomic E-state index is -0.767. The van der Waals surface area contributed by atoms with Crippen molar-refractivity contribution in [3.63, 3.8) is 0 Å². The molecular weight excluding hydrogens is 330 g/mol. The molecular formula is C20H23N3O3. The van der Waals surface area contributed by atoms with Crippen LogP contribution < -0.4 is 16.4 Å². The lowest BCUT2D eigenvalue weighted by Gasteiger charge is -2.17. The lowest BCUT2D eigenvalue weighted by molar-refractivity contribution is -0.120. The SMILES string of the molecule is CC(=O)Nc1ccccc1C(=O)N[C@H](CCCc1ccccc1)C(N)=O. The molecule has 0 saturated heterocycles. The topological polar surface area (TPSA) is 101 Å². The van der Waals surface area contributed by atoms with Gasteiger partial charge in [0.2, 0.25) is 11.8 Å². The Morgan fingerprint density at radius 1 is 1.00 bits per heavy atom. The summed E-state index contributed by atoms with van der Waals surface area (Å²) < 4.78 is 0. The Balaban J connectivity index is 2.00. The van der Waals surface area contributed by atoms with Crippen LogP contribution in [0, 0.1) is 0 Å². The van der Waals surface area contributed by atoms with E-state index in [9.17, 15) is 14.4 Å². The number of nitrogens with one attached hydrogen (secondary N) is 2. The number of carbonyl (C=O) groups is 3. The van der Waals surface area contributed by atoms with Crippen molar-refractivity contribution in [3.8, 4) is 0 Å². The lowest BCUT2D eigenvalue weighted by atomic mass is 10.0. The molecule has 26 heavy (non-hydrogen) atoms. The van der Waals surface area contributed by atoms with Gasteiger partial charge in [-0.1, -0.05) is 42.5 Å². The van der Waals surface area contributed by atoms with Crippen molar-refractivity contribution in [1.29, 1.82) is 0 Å². The lowest BCUT2D eigenvalue weighted by Crippen LogP contribution is -2.44. The number of hydrogen-bond donors (Lipinski definition) is 3. The fourth-order valence-electron chi connectivity index (χ4n) is 2.66. The predicted molar refractivity (Wildman–Crippen MR) is 101 cm³/mol. The number of amides is 3. The first kappa shape index (κ1) is 19.2. The first-order valence-electron chi connectivity index (χ1n) is 8.48. The average Bonchev–Trinajstić information content (AvgIpc) is 2.61. The van der Waals surface area contributed by atoms with Crippen LogP contribution in [0.25, 0.3) is 0 Å². The van der Waals surface area contributed by atoms with E-state index in [0.29, 0.717) is 18.5 Å². The Bertz CT molecular complexity index is 775. The number of primary amides is 1. The Kier molecular flexibility index (Phi) is 6.91. The van der Waals surface area contributed by atoms with Gasteiger partial charge in [0.25, 0.3) is 5.91 Å². The highest BCUT2D eigenvalue weighted by Gasteiger charge is 2.20. The normalized spacial score (nSPS) is 11.4. The quantitative estimate of drug-likeness (QED) is 0.678. The smallest absolute Gasteiger partial charge is 0.254 e. The van der Waals surface area contributed by atoms with Crippen LogP contribution >= 0.6 is 0 Å². The first-order valence-corrected chi connectivity index (χ1v) is 8.48. The van der Waals surface area contributed by atoms with Crippen molar-refractivity contribution in [2.75, 3.05) is 5.32 Å². The van der Waals surface area contributed by atoms with E-state index in [1.807, 2.05) is 30.3 Å². The average molecular weight is 353 g/mol. The third-order valence-corrected chi connectivity index (χ3v) is 3.93. The van der Waals surface area contributed by atoms with Gasteiger partial charge in [-0.25, -0.2) is 0 Å². The van der Waals surface area contributed by atoms with E-state index in [-0.39, 0.29) is 11.5 Å². The van der Waals surface area contributed by atoms with Crippen LogP contribution in [0.4, 0.5) is 5.69 Å². The fraction of sp³-hybridized carbons (Fsp3) is 0.250. The Labute approximate surface area is 152 Å². The number of carbonyl (C=O) groups excluding carboxylic acids is 3. The minimum absolute atomic E-state index is 0.278.